The Morgan fingerprint density at radius 3 is 2.43 bits per heavy atom. The third kappa shape index (κ3) is 3.50. The third-order valence-electron chi connectivity index (χ3n) is 0.670. The highest BCUT2D eigenvalue weighted by molar-refractivity contribution is 5.88. The zero-order chi connectivity index (χ0) is 5.70. The Bertz CT molecular complexity index is 64.6. The SMILES string of the molecule is [CH2]C/C([CH2])=N\CC. The summed E-state index contributed by atoms with van der Waals surface area (Å²) in [6.45, 7) is 10.1. The fraction of sp³-hybridized carbons (Fsp3) is 0.500. The topological polar surface area (TPSA) is 12.4 Å². The molecule has 0 rings (SSSR count). The lowest BCUT2D eigenvalue weighted by atomic mass is 10.3. The fourth-order valence-electron chi connectivity index (χ4n) is 0.303. The van der Waals surface area contributed by atoms with E-state index in [1.807, 2.05) is 6.92 Å². The highest BCUT2D eigenvalue weighted by Gasteiger charge is 1.78. The molecule has 1 nitrogen and oxygen atoms in total. The molecular weight excluding hydrogens is 86.1 g/mol. The minimum Gasteiger partial charge on any atom is -0.294 e. The smallest absolute Gasteiger partial charge is 0.0360 e. The fourth-order valence-corrected chi connectivity index (χ4v) is 0.303. The third-order valence-corrected chi connectivity index (χ3v) is 0.670. The molecule has 0 aromatic carbocycles. The van der Waals surface area contributed by atoms with E-state index >= 15 is 0 Å². The summed E-state index contributed by atoms with van der Waals surface area (Å²) in [5, 5.41) is 0. The van der Waals surface area contributed by atoms with Crippen molar-refractivity contribution in [3.8, 4) is 0 Å². The van der Waals surface area contributed by atoms with Gasteiger partial charge in [0.15, 0.2) is 0 Å². The van der Waals surface area contributed by atoms with Gasteiger partial charge in [-0.1, -0.05) is 0 Å². The highest BCUT2D eigenvalue weighted by atomic mass is 14.7. The van der Waals surface area contributed by atoms with Crippen molar-refractivity contribution >= 4 is 5.71 Å². The van der Waals surface area contributed by atoms with Crippen LogP contribution in [-0.4, -0.2) is 12.3 Å². The van der Waals surface area contributed by atoms with Crippen LogP contribution in [0.1, 0.15) is 13.3 Å². The van der Waals surface area contributed by atoms with E-state index < -0.39 is 0 Å². The van der Waals surface area contributed by atoms with E-state index in [0.29, 0.717) is 0 Å². The number of hydrogen-bond donors (Lipinski definition) is 0. The van der Waals surface area contributed by atoms with Gasteiger partial charge in [-0.15, -0.1) is 0 Å². The number of aliphatic imine (C=N–C) groups is 1. The molecule has 0 atom stereocenters. The van der Waals surface area contributed by atoms with Crippen molar-refractivity contribution in [3.63, 3.8) is 0 Å². The molecule has 0 aliphatic rings. The lowest BCUT2D eigenvalue weighted by molar-refractivity contribution is 1.12. The van der Waals surface area contributed by atoms with E-state index in [1.54, 1.807) is 0 Å². The van der Waals surface area contributed by atoms with Crippen LogP contribution in [0, 0.1) is 13.8 Å². The summed E-state index contributed by atoms with van der Waals surface area (Å²) in [6.07, 6.45) is 0.730. The molecule has 0 saturated carbocycles. The molecule has 0 unspecified atom stereocenters. The Morgan fingerprint density at radius 2 is 2.29 bits per heavy atom. The molecule has 2 radical (unpaired) electrons. The second-order valence-corrected chi connectivity index (χ2v) is 1.29. The molecule has 0 N–H and O–H groups in total. The monoisotopic (exact) mass is 97.1 g/mol. The van der Waals surface area contributed by atoms with Gasteiger partial charge in [-0.05, 0) is 27.2 Å². The van der Waals surface area contributed by atoms with E-state index in [0.717, 1.165) is 18.7 Å². The van der Waals surface area contributed by atoms with Crippen molar-refractivity contribution in [2.24, 2.45) is 4.99 Å². The molecule has 1 heteroatoms. The average Bonchev–Trinajstić information content (AvgIpc) is 1.68. The standard InChI is InChI=1S/C6H11N/c1-4-6(3)7-5-2/h1,3-5H2,2H3/b7-6-. The van der Waals surface area contributed by atoms with E-state index in [4.69, 9.17) is 0 Å². The number of nitrogens with zero attached hydrogens (tertiary/aromatic N) is 1. The van der Waals surface area contributed by atoms with Crippen molar-refractivity contribution in [3.05, 3.63) is 13.8 Å². The Labute approximate surface area is 45.5 Å². The maximum atomic E-state index is 3.99. The Morgan fingerprint density at radius 1 is 1.71 bits per heavy atom. The average molecular weight is 97.2 g/mol. The van der Waals surface area contributed by atoms with Crippen LogP contribution in [0.5, 0.6) is 0 Å². The summed E-state index contributed by atoms with van der Waals surface area (Å²) in [5.74, 6) is 0. The van der Waals surface area contributed by atoms with Crippen LogP contribution in [0.15, 0.2) is 4.99 Å². The first kappa shape index (κ1) is 6.67. The van der Waals surface area contributed by atoms with Crippen LogP contribution in [0.3, 0.4) is 0 Å². The molecule has 0 aromatic heterocycles. The Balaban J connectivity index is 3.29. The quantitative estimate of drug-likeness (QED) is 0.463. The first-order valence-electron chi connectivity index (χ1n) is 2.45. The summed E-state index contributed by atoms with van der Waals surface area (Å²) in [4.78, 5) is 3.99. The largest absolute Gasteiger partial charge is 0.294 e. The van der Waals surface area contributed by atoms with E-state index in [9.17, 15) is 0 Å². The van der Waals surface area contributed by atoms with Gasteiger partial charge in [-0.2, -0.15) is 0 Å². The minimum absolute atomic E-state index is 0.730. The molecule has 0 aliphatic carbocycles. The van der Waals surface area contributed by atoms with Gasteiger partial charge in [0.25, 0.3) is 0 Å². The van der Waals surface area contributed by atoms with Crippen LogP contribution in [0.2, 0.25) is 0 Å². The summed E-state index contributed by atoms with van der Waals surface area (Å²) in [5.41, 5.74) is 0.891. The Kier molecular flexibility index (Phi) is 3.67. The number of hydrogen-bond acceptors (Lipinski definition) is 1. The molecule has 0 spiro atoms. The maximum absolute atomic E-state index is 3.99. The summed E-state index contributed by atoms with van der Waals surface area (Å²) >= 11 is 0. The molecular formula is C6H11N. The minimum atomic E-state index is 0.730. The van der Waals surface area contributed by atoms with E-state index in [-0.39, 0.29) is 0 Å². The van der Waals surface area contributed by atoms with Gasteiger partial charge in [0.05, 0.1) is 0 Å². The molecule has 0 bridgehead atoms. The molecule has 40 valence electrons. The van der Waals surface area contributed by atoms with Gasteiger partial charge < -0.3 is 0 Å². The molecule has 0 heterocycles. The predicted octanol–water partition coefficient (Wildman–Crippen LogP) is 1.51. The highest BCUT2D eigenvalue weighted by Crippen LogP contribution is 1.80. The molecule has 0 saturated heterocycles. The van der Waals surface area contributed by atoms with Crippen LogP contribution in [-0.2, 0) is 0 Å². The second kappa shape index (κ2) is 3.85. The lowest BCUT2D eigenvalue weighted by Gasteiger charge is -1.87. The molecule has 0 amide bonds. The zero-order valence-electron chi connectivity index (χ0n) is 4.78. The van der Waals surface area contributed by atoms with Gasteiger partial charge in [0.1, 0.15) is 0 Å². The van der Waals surface area contributed by atoms with Gasteiger partial charge in [0, 0.05) is 12.3 Å². The van der Waals surface area contributed by atoms with Crippen molar-refractivity contribution in [1.82, 2.24) is 0 Å². The normalized spacial score (nSPS) is 12.1. The van der Waals surface area contributed by atoms with E-state index in [2.05, 4.69) is 18.8 Å². The summed E-state index contributed by atoms with van der Waals surface area (Å²) in [6, 6.07) is 0. The van der Waals surface area contributed by atoms with Crippen LogP contribution in [0.4, 0.5) is 0 Å². The van der Waals surface area contributed by atoms with Crippen molar-refractivity contribution < 1.29 is 0 Å². The summed E-state index contributed by atoms with van der Waals surface area (Å²) < 4.78 is 0. The first-order valence-corrected chi connectivity index (χ1v) is 2.45. The van der Waals surface area contributed by atoms with Gasteiger partial charge >= 0.3 is 0 Å². The van der Waals surface area contributed by atoms with Crippen LogP contribution >= 0.6 is 0 Å². The van der Waals surface area contributed by atoms with Crippen molar-refractivity contribution in [1.29, 1.82) is 0 Å². The van der Waals surface area contributed by atoms with Gasteiger partial charge in [-0.3, -0.25) is 4.99 Å². The van der Waals surface area contributed by atoms with E-state index in [1.165, 1.54) is 0 Å². The molecule has 0 aliphatic heterocycles. The molecule has 7 heavy (non-hydrogen) atoms. The zero-order valence-corrected chi connectivity index (χ0v) is 4.78. The first-order chi connectivity index (χ1) is 3.31. The lowest BCUT2D eigenvalue weighted by Crippen LogP contribution is -1.87. The Hall–Kier alpha value is -0.330. The molecule has 0 aromatic rings. The summed E-state index contributed by atoms with van der Waals surface area (Å²) in [7, 11) is 0. The van der Waals surface area contributed by atoms with Gasteiger partial charge in [0.2, 0.25) is 0 Å². The van der Waals surface area contributed by atoms with Gasteiger partial charge in [-0.25, -0.2) is 0 Å². The molecule has 0 fully saturated rings. The van der Waals surface area contributed by atoms with Crippen molar-refractivity contribution in [2.45, 2.75) is 13.3 Å². The van der Waals surface area contributed by atoms with Crippen molar-refractivity contribution in [2.75, 3.05) is 6.54 Å². The van der Waals surface area contributed by atoms with Crippen LogP contribution in [0.25, 0.3) is 0 Å². The maximum Gasteiger partial charge on any atom is 0.0360 e. The van der Waals surface area contributed by atoms with Crippen LogP contribution < -0.4 is 0 Å². The second-order valence-electron chi connectivity index (χ2n) is 1.29. The predicted molar refractivity (Wildman–Crippen MR) is 33.3 cm³/mol. The number of rotatable bonds is 2.